The van der Waals surface area contributed by atoms with Gasteiger partial charge in [-0.3, -0.25) is 9.59 Å². The minimum absolute atomic E-state index is 0.0988. The van der Waals surface area contributed by atoms with E-state index in [4.69, 9.17) is 4.74 Å². The molecule has 5 nitrogen and oxygen atoms in total. The van der Waals surface area contributed by atoms with Crippen LogP contribution in [-0.2, 0) is 16.0 Å². The zero-order valence-corrected chi connectivity index (χ0v) is 19.1. The summed E-state index contributed by atoms with van der Waals surface area (Å²) in [6.45, 7) is 6.32. The average molecular weight is 454 g/mol. The lowest BCUT2D eigenvalue weighted by Crippen LogP contribution is -2.31. The van der Waals surface area contributed by atoms with Crippen molar-refractivity contribution < 1.29 is 19.4 Å². The summed E-state index contributed by atoms with van der Waals surface area (Å²) >= 11 is 0. The fraction of sp³-hybridized carbons (Fsp3) is 0.172. The maximum Gasteiger partial charge on any atom is 0.295 e. The second-order valence-corrected chi connectivity index (χ2v) is 8.26. The van der Waals surface area contributed by atoms with Crippen LogP contribution in [0.1, 0.15) is 28.3 Å². The number of nitrogens with zero attached hydrogens (tertiary/aromatic N) is 1. The average Bonchev–Trinajstić information content (AvgIpc) is 3.12. The van der Waals surface area contributed by atoms with Gasteiger partial charge in [0.1, 0.15) is 18.1 Å². The molecule has 1 unspecified atom stereocenters. The fourth-order valence-corrected chi connectivity index (χ4v) is 4.12. The van der Waals surface area contributed by atoms with Crippen LogP contribution >= 0.6 is 0 Å². The normalized spacial score (nSPS) is 17.1. The molecule has 0 aromatic heterocycles. The minimum atomic E-state index is -0.696. The molecule has 34 heavy (non-hydrogen) atoms. The molecule has 1 aliphatic heterocycles. The number of carbonyl (C=O) groups is 2. The molecule has 0 saturated carbocycles. The van der Waals surface area contributed by atoms with Gasteiger partial charge in [-0.25, -0.2) is 0 Å². The number of hydrogen-bond donors (Lipinski definition) is 1. The quantitative estimate of drug-likeness (QED) is 0.220. The van der Waals surface area contributed by atoms with Gasteiger partial charge >= 0.3 is 0 Å². The molecule has 3 aromatic carbocycles. The largest absolute Gasteiger partial charge is 0.507 e. The Morgan fingerprint density at radius 1 is 1.00 bits per heavy atom. The monoisotopic (exact) mass is 453 g/mol. The summed E-state index contributed by atoms with van der Waals surface area (Å²) in [5.41, 5.74) is 3.43. The highest BCUT2D eigenvalue weighted by atomic mass is 16.5. The summed E-state index contributed by atoms with van der Waals surface area (Å²) in [6.07, 6.45) is 2.25. The van der Waals surface area contributed by atoms with Crippen molar-refractivity contribution in [1.82, 2.24) is 4.90 Å². The maximum atomic E-state index is 13.2. The summed E-state index contributed by atoms with van der Waals surface area (Å²) in [4.78, 5) is 27.8. The summed E-state index contributed by atoms with van der Waals surface area (Å²) < 4.78 is 5.58. The minimum Gasteiger partial charge on any atom is -0.507 e. The van der Waals surface area contributed by atoms with Crippen LogP contribution in [0.2, 0.25) is 0 Å². The number of ketones is 1. The van der Waals surface area contributed by atoms with Crippen LogP contribution in [0, 0.1) is 6.92 Å². The molecule has 0 aliphatic carbocycles. The first-order valence-electron chi connectivity index (χ1n) is 11.2. The lowest BCUT2D eigenvalue weighted by atomic mass is 9.95. The topological polar surface area (TPSA) is 66.8 Å². The van der Waals surface area contributed by atoms with E-state index in [0.717, 1.165) is 16.7 Å². The van der Waals surface area contributed by atoms with E-state index in [1.54, 1.807) is 35.2 Å². The Morgan fingerprint density at radius 3 is 2.32 bits per heavy atom. The number of likely N-dealkylation sites (tertiary alicyclic amines) is 1. The summed E-state index contributed by atoms with van der Waals surface area (Å²) in [5.74, 6) is -0.800. The van der Waals surface area contributed by atoms with Crippen molar-refractivity contribution in [3.63, 3.8) is 0 Å². The molecule has 5 heteroatoms. The number of carbonyl (C=O) groups excluding carboxylic acids is 2. The molecule has 3 aromatic rings. The molecule has 1 amide bonds. The zero-order valence-electron chi connectivity index (χ0n) is 19.1. The molecule has 0 radical (unpaired) electrons. The Labute approximate surface area is 199 Å². The van der Waals surface area contributed by atoms with Crippen molar-refractivity contribution in [1.29, 1.82) is 0 Å². The second kappa shape index (κ2) is 10.2. The molecule has 1 aliphatic rings. The predicted molar refractivity (Wildman–Crippen MR) is 132 cm³/mol. The van der Waals surface area contributed by atoms with Crippen LogP contribution in [0.3, 0.4) is 0 Å². The number of aryl methyl sites for hydroxylation is 1. The first-order valence-corrected chi connectivity index (χ1v) is 11.2. The van der Waals surface area contributed by atoms with Crippen LogP contribution < -0.4 is 4.74 Å². The van der Waals surface area contributed by atoms with Gasteiger partial charge in [0.05, 0.1) is 11.6 Å². The van der Waals surface area contributed by atoms with E-state index in [0.29, 0.717) is 30.9 Å². The van der Waals surface area contributed by atoms with E-state index in [1.165, 1.54) is 0 Å². The van der Waals surface area contributed by atoms with E-state index in [-0.39, 0.29) is 11.3 Å². The summed E-state index contributed by atoms with van der Waals surface area (Å²) in [5, 5.41) is 11.1. The van der Waals surface area contributed by atoms with E-state index >= 15 is 0 Å². The molecule has 4 rings (SSSR count). The van der Waals surface area contributed by atoms with Crippen molar-refractivity contribution in [2.45, 2.75) is 19.4 Å². The lowest BCUT2D eigenvalue weighted by Gasteiger charge is -2.25. The number of aliphatic hydroxyl groups is 1. The molecule has 1 saturated heterocycles. The SMILES string of the molecule is C=CCOc1ccc(C2C(=C(O)c3ccc(C)cc3)C(=O)C(=O)N2CCc2ccccc2)cc1. The Kier molecular flexibility index (Phi) is 6.93. The number of rotatable bonds is 8. The van der Waals surface area contributed by atoms with Crippen molar-refractivity contribution in [2.75, 3.05) is 13.2 Å². The summed E-state index contributed by atoms with van der Waals surface area (Å²) in [7, 11) is 0. The highest BCUT2D eigenvalue weighted by Gasteiger charge is 2.45. The van der Waals surface area contributed by atoms with E-state index in [1.807, 2.05) is 61.5 Å². The molecule has 1 heterocycles. The van der Waals surface area contributed by atoms with Gasteiger partial charge in [-0.2, -0.15) is 0 Å². The molecule has 1 atom stereocenters. The van der Waals surface area contributed by atoms with Crippen LogP contribution in [0.25, 0.3) is 5.76 Å². The fourth-order valence-electron chi connectivity index (χ4n) is 4.12. The van der Waals surface area contributed by atoms with Crippen LogP contribution in [-0.4, -0.2) is 34.8 Å². The smallest absolute Gasteiger partial charge is 0.295 e. The van der Waals surface area contributed by atoms with Crippen LogP contribution in [0.4, 0.5) is 0 Å². The van der Waals surface area contributed by atoms with Gasteiger partial charge < -0.3 is 14.7 Å². The first-order chi connectivity index (χ1) is 16.5. The molecule has 1 N–H and O–H groups in total. The third kappa shape index (κ3) is 4.79. The van der Waals surface area contributed by atoms with E-state index < -0.39 is 17.7 Å². The highest BCUT2D eigenvalue weighted by molar-refractivity contribution is 6.46. The molecular formula is C29H27NO4. The van der Waals surface area contributed by atoms with Gasteiger partial charge in [0.25, 0.3) is 11.7 Å². The Morgan fingerprint density at radius 2 is 1.68 bits per heavy atom. The number of hydrogen-bond acceptors (Lipinski definition) is 4. The lowest BCUT2D eigenvalue weighted by molar-refractivity contribution is -0.139. The predicted octanol–water partition coefficient (Wildman–Crippen LogP) is 5.22. The van der Waals surface area contributed by atoms with Crippen molar-refractivity contribution in [2.24, 2.45) is 0 Å². The third-order valence-electron chi connectivity index (χ3n) is 5.91. The van der Waals surface area contributed by atoms with Gasteiger partial charge in [-0.05, 0) is 36.6 Å². The Bertz CT molecular complexity index is 1210. The van der Waals surface area contributed by atoms with Crippen LogP contribution in [0.5, 0.6) is 5.75 Å². The molecular weight excluding hydrogens is 426 g/mol. The van der Waals surface area contributed by atoms with Crippen molar-refractivity contribution in [3.05, 3.63) is 119 Å². The number of ether oxygens (including phenoxy) is 1. The van der Waals surface area contributed by atoms with Gasteiger partial charge in [0, 0.05) is 12.1 Å². The number of amides is 1. The van der Waals surface area contributed by atoms with Crippen molar-refractivity contribution in [3.8, 4) is 5.75 Å². The number of aliphatic hydroxyl groups excluding tert-OH is 1. The standard InChI is InChI=1S/C29H27NO4/c1-3-19-34-24-15-13-22(14-16-24)26-25(27(31)23-11-9-20(2)10-12-23)28(32)29(33)30(26)18-17-21-7-5-4-6-8-21/h3-16,26,31H,1,17-19H2,2H3. The number of benzene rings is 3. The van der Waals surface area contributed by atoms with E-state index in [2.05, 4.69) is 6.58 Å². The van der Waals surface area contributed by atoms with Crippen molar-refractivity contribution >= 4 is 17.4 Å². The summed E-state index contributed by atoms with van der Waals surface area (Å²) in [6, 6.07) is 23.6. The van der Waals surface area contributed by atoms with Gasteiger partial charge in [-0.1, -0.05) is 84.9 Å². The molecule has 172 valence electrons. The number of Topliss-reactive ketones (excluding diaryl/α,β-unsaturated/α-hetero) is 1. The molecule has 1 fully saturated rings. The second-order valence-electron chi connectivity index (χ2n) is 8.26. The maximum absolute atomic E-state index is 13.2. The zero-order chi connectivity index (χ0) is 24.1. The Balaban J connectivity index is 1.75. The van der Waals surface area contributed by atoms with Gasteiger partial charge in [0.15, 0.2) is 0 Å². The van der Waals surface area contributed by atoms with Gasteiger partial charge in [-0.15, -0.1) is 0 Å². The molecule has 0 spiro atoms. The molecule has 0 bridgehead atoms. The highest BCUT2D eigenvalue weighted by Crippen LogP contribution is 2.40. The van der Waals surface area contributed by atoms with Crippen LogP contribution in [0.15, 0.2) is 97.1 Å². The van der Waals surface area contributed by atoms with Gasteiger partial charge in [0.2, 0.25) is 0 Å². The Hall–Kier alpha value is -4.12. The third-order valence-corrected chi connectivity index (χ3v) is 5.91. The first kappa shape index (κ1) is 23.1. The van der Waals surface area contributed by atoms with E-state index in [9.17, 15) is 14.7 Å².